The summed E-state index contributed by atoms with van der Waals surface area (Å²) in [5, 5.41) is 9.61. The molecule has 22 heavy (non-hydrogen) atoms. The number of amides is 1. The molecule has 0 fully saturated rings. The molecule has 0 radical (unpaired) electrons. The van der Waals surface area contributed by atoms with Crippen molar-refractivity contribution in [1.82, 2.24) is 15.5 Å². The number of hydrogen-bond donors (Lipinski definition) is 2. The lowest BCUT2D eigenvalue weighted by atomic mass is 10.0. The second kappa shape index (κ2) is 6.68. The lowest BCUT2D eigenvalue weighted by Gasteiger charge is -2.18. The Morgan fingerprint density at radius 2 is 2.09 bits per heavy atom. The van der Waals surface area contributed by atoms with E-state index in [1.54, 1.807) is 0 Å². The van der Waals surface area contributed by atoms with Crippen molar-refractivity contribution in [2.45, 2.75) is 39.7 Å². The van der Waals surface area contributed by atoms with E-state index < -0.39 is 17.7 Å². The minimum Gasteiger partial charge on any atom is -0.349 e. The van der Waals surface area contributed by atoms with E-state index in [1.807, 2.05) is 20.8 Å². The number of nitrogens with one attached hydrogen (secondary N) is 2. The average molecular weight is 307 g/mol. The van der Waals surface area contributed by atoms with Crippen molar-refractivity contribution >= 4 is 5.91 Å². The Kier molecular flexibility index (Phi) is 4.90. The fourth-order valence-electron chi connectivity index (χ4n) is 2.42. The van der Waals surface area contributed by atoms with Gasteiger partial charge in [-0.25, -0.2) is 8.78 Å². The molecule has 1 atom stereocenters. The van der Waals surface area contributed by atoms with Gasteiger partial charge in [-0.15, -0.1) is 0 Å². The van der Waals surface area contributed by atoms with Crippen LogP contribution in [0.5, 0.6) is 0 Å². The number of aromatic amines is 1. The molecular formula is C16H19F2N3O. The number of halogens is 2. The van der Waals surface area contributed by atoms with Gasteiger partial charge in [-0.3, -0.25) is 9.89 Å². The zero-order chi connectivity index (χ0) is 16.3. The SMILES string of the molecule is CC[C@@H](NC(=O)Cc1c(C)n[nH]c1C)c1cc(F)ccc1F. The average Bonchev–Trinajstić information content (AvgIpc) is 2.79. The van der Waals surface area contributed by atoms with Gasteiger partial charge in [0.15, 0.2) is 0 Å². The van der Waals surface area contributed by atoms with Crippen molar-refractivity contribution in [3.63, 3.8) is 0 Å². The number of nitrogens with zero attached hydrogens (tertiary/aromatic N) is 1. The number of hydrogen-bond acceptors (Lipinski definition) is 2. The maximum Gasteiger partial charge on any atom is 0.225 e. The molecule has 1 amide bonds. The summed E-state index contributed by atoms with van der Waals surface area (Å²) in [6, 6.07) is 2.70. The molecule has 0 unspecified atom stereocenters. The van der Waals surface area contributed by atoms with Gasteiger partial charge in [-0.1, -0.05) is 6.92 Å². The summed E-state index contributed by atoms with van der Waals surface area (Å²) < 4.78 is 27.1. The van der Waals surface area contributed by atoms with Gasteiger partial charge in [0.1, 0.15) is 11.6 Å². The predicted molar refractivity (Wildman–Crippen MR) is 79.3 cm³/mol. The third kappa shape index (κ3) is 3.50. The van der Waals surface area contributed by atoms with E-state index in [4.69, 9.17) is 0 Å². The van der Waals surface area contributed by atoms with Gasteiger partial charge >= 0.3 is 0 Å². The number of H-pyrrole nitrogens is 1. The van der Waals surface area contributed by atoms with Crippen molar-refractivity contribution in [3.8, 4) is 0 Å². The maximum absolute atomic E-state index is 13.8. The van der Waals surface area contributed by atoms with Gasteiger partial charge in [0.05, 0.1) is 18.2 Å². The Balaban J connectivity index is 2.13. The molecule has 0 aliphatic rings. The molecule has 1 aromatic carbocycles. The van der Waals surface area contributed by atoms with Gasteiger partial charge < -0.3 is 5.32 Å². The van der Waals surface area contributed by atoms with Crippen molar-refractivity contribution in [3.05, 3.63) is 52.3 Å². The standard InChI is InChI=1S/C16H19F2N3O/c1-4-15(13-7-11(17)5-6-14(13)18)19-16(22)8-12-9(2)20-21-10(12)3/h5-7,15H,4,8H2,1-3H3,(H,19,22)(H,20,21)/t15-/m1/s1. The van der Waals surface area contributed by atoms with E-state index in [0.717, 1.165) is 35.2 Å². The number of aryl methyl sites for hydroxylation is 2. The first-order chi connectivity index (χ1) is 10.4. The highest BCUT2D eigenvalue weighted by atomic mass is 19.1. The van der Waals surface area contributed by atoms with Crippen LogP contribution in [0.2, 0.25) is 0 Å². The van der Waals surface area contributed by atoms with Crippen molar-refractivity contribution < 1.29 is 13.6 Å². The number of carbonyl (C=O) groups excluding carboxylic acids is 1. The number of rotatable bonds is 5. The fraction of sp³-hybridized carbons (Fsp3) is 0.375. The first-order valence-corrected chi connectivity index (χ1v) is 7.17. The summed E-state index contributed by atoms with van der Waals surface area (Å²) in [6.07, 6.45) is 0.622. The van der Waals surface area contributed by atoms with Crippen LogP contribution in [-0.4, -0.2) is 16.1 Å². The van der Waals surface area contributed by atoms with Crippen LogP contribution in [0.1, 0.15) is 41.9 Å². The Labute approximate surface area is 127 Å². The van der Waals surface area contributed by atoms with E-state index in [2.05, 4.69) is 15.5 Å². The Hall–Kier alpha value is -2.24. The van der Waals surface area contributed by atoms with E-state index in [-0.39, 0.29) is 17.9 Å². The summed E-state index contributed by atoms with van der Waals surface area (Å²) >= 11 is 0. The topological polar surface area (TPSA) is 57.8 Å². The Morgan fingerprint density at radius 3 is 2.68 bits per heavy atom. The smallest absolute Gasteiger partial charge is 0.225 e. The lowest BCUT2D eigenvalue weighted by molar-refractivity contribution is -0.121. The van der Waals surface area contributed by atoms with Gasteiger partial charge in [0, 0.05) is 16.8 Å². The molecule has 0 saturated heterocycles. The molecule has 1 heterocycles. The summed E-state index contributed by atoms with van der Waals surface area (Å²) in [5.74, 6) is -1.29. The second-order valence-electron chi connectivity index (χ2n) is 5.28. The van der Waals surface area contributed by atoms with Gasteiger partial charge in [-0.2, -0.15) is 5.10 Å². The third-order valence-corrected chi connectivity index (χ3v) is 3.69. The third-order valence-electron chi connectivity index (χ3n) is 3.69. The zero-order valence-electron chi connectivity index (χ0n) is 12.8. The molecule has 0 saturated carbocycles. The molecule has 1 aromatic heterocycles. The Bertz CT molecular complexity index is 663. The predicted octanol–water partition coefficient (Wildman–Crippen LogP) is 3.11. The first kappa shape index (κ1) is 16.1. The summed E-state index contributed by atoms with van der Waals surface area (Å²) in [6.45, 7) is 5.46. The molecule has 2 rings (SSSR count). The summed E-state index contributed by atoms with van der Waals surface area (Å²) in [5.41, 5.74) is 2.58. The van der Waals surface area contributed by atoms with Crippen LogP contribution in [0.3, 0.4) is 0 Å². The Morgan fingerprint density at radius 1 is 1.36 bits per heavy atom. The zero-order valence-corrected chi connectivity index (χ0v) is 12.8. The molecule has 2 N–H and O–H groups in total. The summed E-state index contributed by atoms with van der Waals surface area (Å²) in [7, 11) is 0. The van der Waals surface area contributed by atoms with Gasteiger partial charge in [-0.05, 0) is 38.5 Å². The molecule has 0 aliphatic heterocycles. The molecule has 4 nitrogen and oxygen atoms in total. The van der Waals surface area contributed by atoms with Crippen LogP contribution in [0.15, 0.2) is 18.2 Å². The molecule has 0 aliphatic carbocycles. The monoisotopic (exact) mass is 307 g/mol. The largest absolute Gasteiger partial charge is 0.349 e. The molecule has 0 bridgehead atoms. The van der Waals surface area contributed by atoms with Crippen molar-refractivity contribution in [1.29, 1.82) is 0 Å². The first-order valence-electron chi connectivity index (χ1n) is 7.17. The summed E-state index contributed by atoms with van der Waals surface area (Å²) in [4.78, 5) is 12.2. The number of benzene rings is 1. The highest BCUT2D eigenvalue weighted by molar-refractivity contribution is 5.79. The van der Waals surface area contributed by atoms with Gasteiger partial charge in [0.25, 0.3) is 0 Å². The quantitative estimate of drug-likeness (QED) is 0.891. The van der Waals surface area contributed by atoms with Crippen LogP contribution >= 0.6 is 0 Å². The minimum atomic E-state index is -0.560. The molecule has 118 valence electrons. The molecular weight excluding hydrogens is 288 g/mol. The minimum absolute atomic E-state index is 0.154. The van der Waals surface area contributed by atoms with E-state index in [9.17, 15) is 13.6 Å². The lowest BCUT2D eigenvalue weighted by Crippen LogP contribution is -2.30. The molecule has 0 spiro atoms. The van der Waals surface area contributed by atoms with Crippen LogP contribution in [0.4, 0.5) is 8.78 Å². The van der Waals surface area contributed by atoms with Crippen molar-refractivity contribution in [2.75, 3.05) is 0 Å². The second-order valence-corrected chi connectivity index (χ2v) is 5.28. The molecule has 2 aromatic rings. The normalized spacial score (nSPS) is 12.2. The van der Waals surface area contributed by atoms with Crippen molar-refractivity contribution in [2.24, 2.45) is 0 Å². The van der Waals surface area contributed by atoms with Gasteiger partial charge in [0.2, 0.25) is 5.91 Å². The fourth-order valence-corrected chi connectivity index (χ4v) is 2.42. The van der Waals surface area contributed by atoms with E-state index in [1.165, 1.54) is 0 Å². The highest BCUT2D eigenvalue weighted by Gasteiger charge is 2.19. The maximum atomic E-state index is 13.8. The molecule has 6 heteroatoms. The van der Waals surface area contributed by atoms with Crippen LogP contribution < -0.4 is 5.32 Å². The van der Waals surface area contributed by atoms with Crippen LogP contribution in [-0.2, 0) is 11.2 Å². The van der Waals surface area contributed by atoms with E-state index in [0.29, 0.717) is 6.42 Å². The van der Waals surface area contributed by atoms with E-state index >= 15 is 0 Å². The van der Waals surface area contributed by atoms with Crippen LogP contribution in [0.25, 0.3) is 0 Å². The van der Waals surface area contributed by atoms with Crippen LogP contribution in [0, 0.1) is 25.5 Å². The number of aromatic nitrogens is 2. The number of carbonyl (C=O) groups is 1. The highest BCUT2D eigenvalue weighted by Crippen LogP contribution is 2.21.